The van der Waals surface area contributed by atoms with Crippen LogP contribution in [0.5, 0.6) is 0 Å². The molecule has 2 rings (SSSR count). The molecule has 0 saturated carbocycles. The van der Waals surface area contributed by atoms with Crippen LogP contribution in [0.15, 0.2) is 21.9 Å². The van der Waals surface area contributed by atoms with Crippen molar-refractivity contribution in [2.45, 2.75) is 24.5 Å². The van der Waals surface area contributed by atoms with Crippen LogP contribution in [0.3, 0.4) is 0 Å². The quantitative estimate of drug-likeness (QED) is 0.521. The Morgan fingerprint density at radius 3 is 2.80 bits per heavy atom. The van der Waals surface area contributed by atoms with Gasteiger partial charge in [-0.25, -0.2) is 4.79 Å². The Morgan fingerprint density at radius 1 is 1.50 bits per heavy atom. The van der Waals surface area contributed by atoms with Gasteiger partial charge in [0.1, 0.15) is 18.3 Å². The molecule has 2 heterocycles. The van der Waals surface area contributed by atoms with Crippen molar-refractivity contribution >= 4 is 0 Å². The van der Waals surface area contributed by atoms with Gasteiger partial charge >= 0.3 is 5.69 Å². The van der Waals surface area contributed by atoms with Crippen LogP contribution in [-0.4, -0.2) is 53.4 Å². The van der Waals surface area contributed by atoms with Gasteiger partial charge in [0.05, 0.1) is 13.3 Å². The number of ether oxygens (including phenoxy) is 3. The zero-order valence-electron chi connectivity index (χ0n) is 10.9. The molecule has 0 radical (unpaired) electrons. The summed E-state index contributed by atoms with van der Waals surface area (Å²) in [5.74, 6) is 0. The second kappa shape index (κ2) is 6.29. The number of aromatic nitrogens is 2. The monoisotopic (exact) mass is 287 g/mol. The normalized spacial score (nSPS) is 29.8. The molecule has 4 N–H and O–H groups in total. The molecule has 1 aromatic heterocycles. The second-order valence-electron chi connectivity index (χ2n) is 4.26. The zero-order chi connectivity index (χ0) is 14.7. The molecule has 2 unspecified atom stereocenters. The van der Waals surface area contributed by atoms with E-state index in [1.165, 1.54) is 23.9 Å². The van der Waals surface area contributed by atoms with Crippen molar-refractivity contribution in [3.8, 4) is 0 Å². The predicted octanol–water partition coefficient (Wildman–Crippen LogP) is -2.26. The van der Waals surface area contributed by atoms with Crippen LogP contribution < -0.4 is 17.0 Å². The molecule has 112 valence electrons. The van der Waals surface area contributed by atoms with E-state index in [0.29, 0.717) is 0 Å². The minimum atomic E-state index is -0.821. The van der Waals surface area contributed by atoms with Gasteiger partial charge < -0.3 is 25.1 Å². The van der Waals surface area contributed by atoms with E-state index >= 15 is 0 Å². The summed E-state index contributed by atoms with van der Waals surface area (Å²) < 4.78 is 17.3. The van der Waals surface area contributed by atoms with Gasteiger partial charge in [0.15, 0.2) is 6.23 Å². The number of methoxy groups -OCH3 is 1. The average Bonchev–Trinajstić information content (AvgIpc) is 2.77. The third kappa shape index (κ3) is 2.67. The lowest BCUT2D eigenvalue weighted by molar-refractivity contribution is -0.0625. The van der Waals surface area contributed by atoms with Crippen molar-refractivity contribution in [1.29, 1.82) is 0 Å². The molecule has 0 spiro atoms. The molecule has 1 fully saturated rings. The number of nitrogens with zero attached hydrogens (tertiary/aromatic N) is 1. The van der Waals surface area contributed by atoms with Crippen molar-refractivity contribution in [2.75, 3.05) is 20.4 Å². The zero-order valence-corrected chi connectivity index (χ0v) is 10.9. The summed E-state index contributed by atoms with van der Waals surface area (Å²) >= 11 is 0. The minimum Gasteiger partial charge on any atom is -0.394 e. The Kier molecular flexibility index (Phi) is 4.68. The van der Waals surface area contributed by atoms with Gasteiger partial charge in [0, 0.05) is 19.4 Å². The van der Waals surface area contributed by atoms with E-state index in [2.05, 4.69) is 4.98 Å². The average molecular weight is 287 g/mol. The number of aromatic amines is 1. The first kappa shape index (κ1) is 14.9. The van der Waals surface area contributed by atoms with Crippen molar-refractivity contribution in [1.82, 2.24) is 9.55 Å². The molecular weight excluding hydrogens is 270 g/mol. The van der Waals surface area contributed by atoms with Crippen molar-refractivity contribution in [3.63, 3.8) is 0 Å². The largest absolute Gasteiger partial charge is 0.394 e. The number of aliphatic hydroxyl groups excluding tert-OH is 1. The summed E-state index contributed by atoms with van der Waals surface area (Å²) in [7, 11) is 1.43. The Labute approximate surface area is 113 Å². The molecule has 20 heavy (non-hydrogen) atoms. The van der Waals surface area contributed by atoms with E-state index in [1.54, 1.807) is 0 Å². The standard InChI is InChI=1S/C11H17N3O6/c1-18-9-8(19-5-12)6(4-15)20-10(9)14-3-2-7(16)13-11(14)17/h2-3,6,8-10,15H,4-5,12H2,1H3,(H,13,16,17)/t6-,8?,9?,10-/m1/s1. The fraction of sp³-hybridized carbons (Fsp3) is 0.636. The van der Waals surface area contributed by atoms with Gasteiger partial charge in [-0.05, 0) is 0 Å². The van der Waals surface area contributed by atoms with Crippen LogP contribution in [0.2, 0.25) is 0 Å². The summed E-state index contributed by atoms with van der Waals surface area (Å²) in [6.07, 6.45) is -1.44. The maximum Gasteiger partial charge on any atom is 0.330 e. The lowest BCUT2D eigenvalue weighted by atomic mass is 10.1. The molecule has 9 heteroatoms. The third-order valence-electron chi connectivity index (χ3n) is 3.15. The Bertz CT molecular complexity index is 556. The van der Waals surface area contributed by atoms with Crippen LogP contribution in [0, 0.1) is 0 Å². The van der Waals surface area contributed by atoms with Crippen molar-refractivity contribution in [3.05, 3.63) is 33.1 Å². The lowest BCUT2D eigenvalue weighted by Crippen LogP contribution is -2.40. The van der Waals surface area contributed by atoms with E-state index < -0.39 is 35.8 Å². The first-order valence-electron chi connectivity index (χ1n) is 6.04. The smallest absolute Gasteiger partial charge is 0.330 e. The topological polar surface area (TPSA) is 129 Å². The Balaban J connectivity index is 2.35. The number of rotatable bonds is 5. The Hall–Kier alpha value is -1.52. The van der Waals surface area contributed by atoms with Gasteiger partial charge in [-0.1, -0.05) is 0 Å². The summed E-state index contributed by atoms with van der Waals surface area (Å²) in [6, 6.07) is 1.20. The van der Waals surface area contributed by atoms with Gasteiger partial charge in [-0.3, -0.25) is 14.3 Å². The fourth-order valence-electron chi connectivity index (χ4n) is 2.27. The van der Waals surface area contributed by atoms with Gasteiger partial charge in [0.25, 0.3) is 5.56 Å². The molecule has 0 amide bonds. The van der Waals surface area contributed by atoms with Crippen molar-refractivity contribution in [2.24, 2.45) is 5.73 Å². The predicted molar refractivity (Wildman–Crippen MR) is 67.0 cm³/mol. The van der Waals surface area contributed by atoms with Gasteiger partial charge in [0.2, 0.25) is 0 Å². The molecule has 4 atom stereocenters. The second-order valence-corrected chi connectivity index (χ2v) is 4.26. The highest BCUT2D eigenvalue weighted by atomic mass is 16.6. The van der Waals surface area contributed by atoms with Crippen LogP contribution in [0.1, 0.15) is 6.23 Å². The molecule has 1 saturated heterocycles. The maximum absolute atomic E-state index is 11.8. The van der Waals surface area contributed by atoms with Gasteiger partial charge in [-0.15, -0.1) is 0 Å². The maximum atomic E-state index is 11.8. The summed E-state index contributed by atoms with van der Waals surface area (Å²) in [4.78, 5) is 25.0. The number of nitrogens with one attached hydrogen (secondary N) is 1. The van der Waals surface area contributed by atoms with Gasteiger partial charge in [-0.2, -0.15) is 0 Å². The van der Waals surface area contributed by atoms with Crippen LogP contribution in [0.25, 0.3) is 0 Å². The first-order chi connectivity index (χ1) is 9.62. The molecule has 0 aromatic carbocycles. The van der Waals surface area contributed by atoms with E-state index in [4.69, 9.17) is 19.9 Å². The van der Waals surface area contributed by atoms with Crippen LogP contribution >= 0.6 is 0 Å². The number of nitrogens with two attached hydrogens (primary N) is 1. The highest BCUT2D eigenvalue weighted by molar-refractivity contribution is 4.94. The molecule has 1 aliphatic heterocycles. The highest BCUT2D eigenvalue weighted by Crippen LogP contribution is 2.31. The van der Waals surface area contributed by atoms with Crippen molar-refractivity contribution < 1.29 is 19.3 Å². The Morgan fingerprint density at radius 2 is 2.25 bits per heavy atom. The number of hydrogen-bond donors (Lipinski definition) is 3. The summed E-state index contributed by atoms with van der Waals surface area (Å²) in [6.45, 7) is -0.378. The number of aliphatic hydroxyl groups is 1. The SMILES string of the molecule is COC1C(OCN)[C@@H](CO)O[C@H]1n1ccc(=O)[nH]c1=O. The number of H-pyrrole nitrogens is 1. The molecule has 1 aromatic rings. The van der Waals surface area contributed by atoms with Crippen LogP contribution in [0.4, 0.5) is 0 Å². The minimum absolute atomic E-state index is 0.0718. The van der Waals surface area contributed by atoms with E-state index in [-0.39, 0.29) is 13.3 Å². The molecular formula is C11H17N3O6. The van der Waals surface area contributed by atoms with E-state index in [1.807, 2.05) is 0 Å². The van der Waals surface area contributed by atoms with Crippen LogP contribution in [-0.2, 0) is 14.2 Å². The van der Waals surface area contributed by atoms with E-state index in [0.717, 1.165) is 0 Å². The molecule has 1 aliphatic rings. The third-order valence-corrected chi connectivity index (χ3v) is 3.15. The highest BCUT2D eigenvalue weighted by Gasteiger charge is 2.46. The molecule has 9 nitrogen and oxygen atoms in total. The molecule has 0 bridgehead atoms. The summed E-state index contributed by atoms with van der Waals surface area (Å²) in [5.41, 5.74) is 4.21. The number of hydrogen-bond acceptors (Lipinski definition) is 7. The molecule has 0 aliphatic carbocycles. The fourth-order valence-corrected chi connectivity index (χ4v) is 2.27. The lowest BCUT2D eigenvalue weighted by Gasteiger charge is -2.22. The first-order valence-corrected chi connectivity index (χ1v) is 6.04. The van der Waals surface area contributed by atoms with E-state index in [9.17, 15) is 14.7 Å². The summed E-state index contributed by atoms with van der Waals surface area (Å²) in [5, 5.41) is 9.31.